The van der Waals surface area contributed by atoms with Crippen LogP contribution in [0, 0.1) is 0 Å². The normalized spacial score (nSPS) is 15.5. The lowest BCUT2D eigenvalue weighted by Gasteiger charge is -2.21. The molecule has 1 saturated carbocycles. The number of benzene rings is 2. The van der Waals surface area contributed by atoms with E-state index in [2.05, 4.69) is 0 Å². The third-order valence-electron chi connectivity index (χ3n) is 5.85. The van der Waals surface area contributed by atoms with Gasteiger partial charge in [-0.3, -0.25) is 4.79 Å². The lowest BCUT2D eigenvalue weighted by atomic mass is 9.99. The maximum absolute atomic E-state index is 12.2. The van der Waals surface area contributed by atoms with Crippen molar-refractivity contribution in [3.05, 3.63) is 41.5 Å². The number of hydrogen-bond acceptors (Lipinski definition) is 7. The van der Waals surface area contributed by atoms with Crippen LogP contribution in [-0.2, 0) is 20.9 Å². The highest BCUT2D eigenvalue weighted by Gasteiger charge is 2.48. The van der Waals surface area contributed by atoms with E-state index in [1.807, 2.05) is 31.2 Å². The number of rotatable bonds is 10. The summed E-state index contributed by atoms with van der Waals surface area (Å²) >= 11 is 0. The van der Waals surface area contributed by atoms with Crippen LogP contribution < -0.4 is 14.2 Å². The molecule has 32 heavy (non-hydrogen) atoms. The highest BCUT2D eigenvalue weighted by molar-refractivity contribution is 5.94. The lowest BCUT2D eigenvalue weighted by molar-refractivity contribution is -0.153. The standard InChI is InChI=1S/C25H28O7/c1-4-5-6-21(26)32-25(11-12-25)15-31-22-18(9-10-20(28-2)23(22)29-3)16-7-8-19-17(13-16)14-30-24(19)27/h7-10,13H,4-6,11-12,14-15H2,1-3H3. The van der Waals surface area contributed by atoms with E-state index in [-0.39, 0.29) is 25.2 Å². The minimum atomic E-state index is -0.589. The van der Waals surface area contributed by atoms with Gasteiger partial charge in [-0.05, 0) is 49.1 Å². The van der Waals surface area contributed by atoms with Gasteiger partial charge in [0.05, 0.1) is 19.8 Å². The van der Waals surface area contributed by atoms with Gasteiger partial charge in [-0.2, -0.15) is 0 Å². The van der Waals surface area contributed by atoms with Crippen molar-refractivity contribution < 1.29 is 33.3 Å². The van der Waals surface area contributed by atoms with Gasteiger partial charge in [0, 0.05) is 17.5 Å². The van der Waals surface area contributed by atoms with E-state index in [1.54, 1.807) is 20.3 Å². The molecule has 0 spiro atoms. The molecule has 4 rings (SSSR count). The third-order valence-corrected chi connectivity index (χ3v) is 5.85. The molecule has 7 nitrogen and oxygen atoms in total. The molecular formula is C25H28O7. The minimum absolute atomic E-state index is 0.186. The number of esters is 2. The van der Waals surface area contributed by atoms with Gasteiger partial charge < -0.3 is 23.7 Å². The Balaban J connectivity index is 1.62. The molecule has 0 unspecified atom stereocenters. The minimum Gasteiger partial charge on any atom is -0.493 e. The van der Waals surface area contributed by atoms with E-state index in [4.69, 9.17) is 23.7 Å². The molecule has 0 aromatic heterocycles. The summed E-state index contributed by atoms with van der Waals surface area (Å²) in [6.45, 7) is 2.52. The second-order valence-electron chi connectivity index (χ2n) is 8.18. The largest absolute Gasteiger partial charge is 0.493 e. The number of unbranched alkanes of at least 4 members (excludes halogenated alkanes) is 1. The Labute approximate surface area is 187 Å². The third kappa shape index (κ3) is 4.38. The summed E-state index contributed by atoms with van der Waals surface area (Å²) in [4.78, 5) is 24.0. The molecule has 0 N–H and O–H groups in total. The van der Waals surface area contributed by atoms with Crippen LogP contribution in [0.15, 0.2) is 30.3 Å². The Morgan fingerprint density at radius 2 is 1.84 bits per heavy atom. The number of carbonyl (C=O) groups excluding carboxylic acids is 2. The predicted octanol–water partition coefficient (Wildman–Crippen LogP) is 4.69. The molecular weight excluding hydrogens is 412 g/mol. The van der Waals surface area contributed by atoms with Crippen molar-refractivity contribution in [1.82, 2.24) is 0 Å². The van der Waals surface area contributed by atoms with Gasteiger partial charge in [-0.1, -0.05) is 19.4 Å². The van der Waals surface area contributed by atoms with E-state index in [1.165, 1.54) is 0 Å². The number of cyclic esters (lactones) is 1. The quantitative estimate of drug-likeness (QED) is 0.496. The van der Waals surface area contributed by atoms with Gasteiger partial charge >= 0.3 is 11.9 Å². The molecule has 7 heteroatoms. The van der Waals surface area contributed by atoms with E-state index in [0.717, 1.165) is 42.4 Å². The van der Waals surface area contributed by atoms with Crippen LogP contribution >= 0.6 is 0 Å². The first kappa shape index (κ1) is 22.0. The fourth-order valence-electron chi connectivity index (χ4n) is 3.80. The molecule has 1 aliphatic heterocycles. The highest BCUT2D eigenvalue weighted by Crippen LogP contribution is 2.47. The zero-order valence-electron chi connectivity index (χ0n) is 18.7. The van der Waals surface area contributed by atoms with Gasteiger partial charge in [-0.25, -0.2) is 4.79 Å². The second-order valence-corrected chi connectivity index (χ2v) is 8.18. The van der Waals surface area contributed by atoms with E-state index in [0.29, 0.717) is 29.2 Å². The first-order valence-corrected chi connectivity index (χ1v) is 10.9. The van der Waals surface area contributed by atoms with Crippen molar-refractivity contribution >= 4 is 11.9 Å². The van der Waals surface area contributed by atoms with Gasteiger partial charge in [0.1, 0.15) is 18.8 Å². The summed E-state index contributed by atoms with van der Waals surface area (Å²) in [5.41, 5.74) is 2.47. The molecule has 0 atom stereocenters. The number of hydrogen-bond donors (Lipinski definition) is 0. The summed E-state index contributed by atoms with van der Waals surface area (Å²) in [5, 5.41) is 0. The molecule has 1 fully saturated rings. The van der Waals surface area contributed by atoms with Crippen LogP contribution in [0.3, 0.4) is 0 Å². The monoisotopic (exact) mass is 440 g/mol. The predicted molar refractivity (Wildman–Crippen MR) is 117 cm³/mol. The van der Waals surface area contributed by atoms with Crippen LogP contribution in [0.1, 0.15) is 54.9 Å². The first-order chi connectivity index (χ1) is 15.5. The summed E-state index contributed by atoms with van der Waals surface area (Å²) < 4.78 is 28.2. The van der Waals surface area contributed by atoms with Crippen molar-refractivity contribution in [2.24, 2.45) is 0 Å². The summed E-state index contributed by atoms with van der Waals surface area (Å²) in [6.07, 6.45) is 3.71. The van der Waals surface area contributed by atoms with Crippen molar-refractivity contribution in [1.29, 1.82) is 0 Å². The first-order valence-electron chi connectivity index (χ1n) is 10.9. The smallest absolute Gasteiger partial charge is 0.338 e. The van der Waals surface area contributed by atoms with Crippen LogP contribution in [-0.4, -0.2) is 38.4 Å². The zero-order valence-corrected chi connectivity index (χ0v) is 18.7. The van der Waals surface area contributed by atoms with Gasteiger partial charge in [0.2, 0.25) is 5.75 Å². The van der Waals surface area contributed by atoms with Crippen LogP contribution in [0.2, 0.25) is 0 Å². The number of ether oxygens (including phenoxy) is 5. The average Bonchev–Trinajstić information content (AvgIpc) is 3.47. The lowest BCUT2D eigenvalue weighted by Crippen LogP contribution is -2.27. The molecule has 0 radical (unpaired) electrons. The molecule has 2 aliphatic rings. The van der Waals surface area contributed by atoms with Gasteiger partial charge in [0.25, 0.3) is 0 Å². The summed E-state index contributed by atoms with van der Waals surface area (Å²) in [5.74, 6) is 1.01. The molecule has 2 aromatic carbocycles. The Kier molecular flexibility index (Phi) is 6.26. The highest BCUT2D eigenvalue weighted by atomic mass is 16.6. The topological polar surface area (TPSA) is 80.3 Å². The molecule has 0 amide bonds. The molecule has 2 aromatic rings. The Bertz CT molecular complexity index is 1020. The average molecular weight is 440 g/mol. The molecule has 1 aliphatic carbocycles. The van der Waals surface area contributed by atoms with Gasteiger partial charge in [0.15, 0.2) is 11.5 Å². The molecule has 1 heterocycles. The van der Waals surface area contributed by atoms with Crippen molar-refractivity contribution in [2.45, 2.75) is 51.2 Å². The van der Waals surface area contributed by atoms with Gasteiger partial charge in [-0.15, -0.1) is 0 Å². The van der Waals surface area contributed by atoms with Crippen molar-refractivity contribution in [2.75, 3.05) is 20.8 Å². The van der Waals surface area contributed by atoms with Crippen LogP contribution in [0.5, 0.6) is 17.2 Å². The number of fused-ring (bicyclic) bond motifs is 1. The SMILES string of the molecule is CCCCC(=O)OC1(COc2c(-c3ccc4c(c3)COC4=O)ccc(OC)c2OC)CC1. The summed E-state index contributed by atoms with van der Waals surface area (Å²) in [6, 6.07) is 9.25. The van der Waals surface area contributed by atoms with E-state index < -0.39 is 5.60 Å². The fourth-order valence-corrected chi connectivity index (χ4v) is 3.80. The van der Waals surface area contributed by atoms with Crippen LogP contribution in [0.25, 0.3) is 11.1 Å². The maximum atomic E-state index is 12.2. The Morgan fingerprint density at radius 1 is 1.06 bits per heavy atom. The fraction of sp³-hybridized carbons (Fsp3) is 0.440. The van der Waals surface area contributed by atoms with Crippen LogP contribution in [0.4, 0.5) is 0 Å². The number of carbonyl (C=O) groups is 2. The zero-order chi connectivity index (χ0) is 22.7. The van der Waals surface area contributed by atoms with Crippen molar-refractivity contribution in [3.8, 4) is 28.4 Å². The summed E-state index contributed by atoms with van der Waals surface area (Å²) in [7, 11) is 3.12. The molecule has 0 saturated heterocycles. The Morgan fingerprint density at radius 3 is 2.53 bits per heavy atom. The Hall–Kier alpha value is -3.22. The van der Waals surface area contributed by atoms with E-state index >= 15 is 0 Å². The molecule has 0 bridgehead atoms. The number of methoxy groups -OCH3 is 2. The maximum Gasteiger partial charge on any atom is 0.338 e. The van der Waals surface area contributed by atoms with E-state index in [9.17, 15) is 9.59 Å². The second kappa shape index (κ2) is 9.10. The van der Waals surface area contributed by atoms with Crippen molar-refractivity contribution in [3.63, 3.8) is 0 Å². The molecule has 170 valence electrons.